The number of aryl methyl sites for hydroxylation is 1. The summed E-state index contributed by atoms with van der Waals surface area (Å²) in [7, 11) is 0. The SMILES string of the molecule is CCCC(=O)N(CCC)CC(=O)Nc1cc(C)on1. The van der Waals surface area contributed by atoms with Gasteiger partial charge in [0.15, 0.2) is 5.82 Å². The summed E-state index contributed by atoms with van der Waals surface area (Å²) in [6.45, 7) is 6.31. The maximum Gasteiger partial charge on any atom is 0.245 e. The second-order valence-corrected chi connectivity index (χ2v) is 4.44. The molecular weight excluding hydrogens is 246 g/mol. The molecule has 1 rings (SSSR count). The van der Waals surface area contributed by atoms with Gasteiger partial charge in [-0.2, -0.15) is 0 Å². The molecule has 19 heavy (non-hydrogen) atoms. The number of amides is 2. The number of nitrogens with zero attached hydrogens (tertiary/aromatic N) is 2. The van der Waals surface area contributed by atoms with Crippen LogP contribution in [0.4, 0.5) is 5.82 Å². The van der Waals surface area contributed by atoms with E-state index in [-0.39, 0.29) is 18.4 Å². The summed E-state index contributed by atoms with van der Waals surface area (Å²) in [6, 6.07) is 1.63. The van der Waals surface area contributed by atoms with E-state index in [1.807, 2.05) is 13.8 Å². The molecule has 0 aliphatic heterocycles. The highest BCUT2D eigenvalue weighted by atomic mass is 16.5. The monoisotopic (exact) mass is 267 g/mol. The van der Waals surface area contributed by atoms with E-state index in [9.17, 15) is 9.59 Å². The zero-order chi connectivity index (χ0) is 14.3. The van der Waals surface area contributed by atoms with E-state index in [1.54, 1.807) is 17.9 Å². The van der Waals surface area contributed by atoms with Crippen LogP contribution in [0.5, 0.6) is 0 Å². The molecule has 0 atom stereocenters. The van der Waals surface area contributed by atoms with Gasteiger partial charge in [0.05, 0.1) is 6.54 Å². The second kappa shape index (κ2) is 7.56. The molecular formula is C13H21N3O3. The summed E-state index contributed by atoms with van der Waals surface area (Å²) in [5, 5.41) is 6.29. The van der Waals surface area contributed by atoms with Crippen LogP contribution in [-0.4, -0.2) is 35.0 Å². The predicted octanol–water partition coefficient (Wildman–Crippen LogP) is 1.96. The molecule has 0 aliphatic rings. The highest BCUT2D eigenvalue weighted by Gasteiger charge is 2.16. The Hall–Kier alpha value is -1.85. The summed E-state index contributed by atoms with van der Waals surface area (Å²) in [4.78, 5) is 25.2. The predicted molar refractivity (Wildman–Crippen MR) is 71.6 cm³/mol. The molecule has 2 amide bonds. The second-order valence-electron chi connectivity index (χ2n) is 4.44. The summed E-state index contributed by atoms with van der Waals surface area (Å²) in [5.74, 6) is 0.756. The molecule has 0 aliphatic carbocycles. The summed E-state index contributed by atoms with van der Waals surface area (Å²) in [6.07, 6.45) is 2.07. The molecule has 6 heteroatoms. The van der Waals surface area contributed by atoms with E-state index in [1.165, 1.54) is 0 Å². The molecule has 0 unspecified atom stereocenters. The molecule has 106 valence electrons. The summed E-state index contributed by atoms with van der Waals surface area (Å²) < 4.78 is 4.86. The van der Waals surface area contributed by atoms with Crippen molar-refractivity contribution in [1.82, 2.24) is 10.1 Å². The Balaban J connectivity index is 2.53. The Kier molecular flexibility index (Phi) is 6.05. The number of nitrogens with one attached hydrogen (secondary N) is 1. The fourth-order valence-electron chi connectivity index (χ4n) is 1.71. The molecule has 1 aromatic heterocycles. The van der Waals surface area contributed by atoms with Crippen LogP contribution in [-0.2, 0) is 9.59 Å². The lowest BCUT2D eigenvalue weighted by atomic mass is 10.2. The molecule has 0 radical (unpaired) electrons. The lowest BCUT2D eigenvalue weighted by Crippen LogP contribution is -2.38. The van der Waals surface area contributed by atoms with Crippen molar-refractivity contribution in [2.75, 3.05) is 18.4 Å². The van der Waals surface area contributed by atoms with Gasteiger partial charge in [-0.3, -0.25) is 9.59 Å². The third-order valence-corrected chi connectivity index (χ3v) is 2.54. The molecule has 0 fully saturated rings. The molecule has 1 aromatic rings. The van der Waals surface area contributed by atoms with Gasteiger partial charge < -0.3 is 14.7 Å². The van der Waals surface area contributed by atoms with Crippen LogP contribution in [0.15, 0.2) is 10.6 Å². The fraction of sp³-hybridized carbons (Fsp3) is 0.615. The maximum absolute atomic E-state index is 11.8. The maximum atomic E-state index is 11.8. The molecule has 0 aromatic carbocycles. The number of anilines is 1. The third-order valence-electron chi connectivity index (χ3n) is 2.54. The molecule has 6 nitrogen and oxygen atoms in total. The Labute approximate surface area is 113 Å². The molecule has 0 saturated heterocycles. The van der Waals surface area contributed by atoms with Crippen LogP contribution in [0, 0.1) is 6.92 Å². The Morgan fingerprint density at radius 1 is 1.37 bits per heavy atom. The standard InChI is InChI=1S/C13H21N3O3/c1-4-6-13(18)16(7-5-2)9-12(17)14-11-8-10(3)19-15-11/h8H,4-7,9H2,1-3H3,(H,14,15,17). The molecule has 0 bridgehead atoms. The van der Waals surface area contributed by atoms with E-state index >= 15 is 0 Å². The third kappa shape index (κ3) is 5.11. The average Bonchev–Trinajstić information content (AvgIpc) is 2.74. The Morgan fingerprint density at radius 2 is 2.11 bits per heavy atom. The van der Waals surface area contributed by atoms with Gasteiger partial charge in [0, 0.05) is 19.0 Å². The van der Waals surface area contributed by atoms with Crippen molar-refractivity contribution in [3.05, 3.63) is 11.8 Å². The van der Waals surface area contributed by atoms with Gasteiger partial charge in [-0.15, -0.1) is 0 Å². The lowest BCUT2D eigenvalue weighted by molar-refractivity contribution is -0.134. The topological polar surface area (TPSA) is 75.4 Å². The first-order chi connectivity index (χ1) is 9.06. The Bertz CT molecular complexity index is 429. The first-order valence-electron chi connectivity index (χ1n) is 6.57. The van der Waals surface area contributed by atoms with Gasteiger partial charge in [-0.05, 0) is 19.8 Å². The quantitative estimate of drug-likeness (QED) is 0.819. The fourth-order valence-corrected chi connectivity index (χ4v) is 1.71. The molecule has 1 heterocycles. The van der Waals surface area contributed by atoms with Crippen LogP contribution in [0.2, 0.25) is 0 Å². The molecule has 0 saturated carbocycles. The number of aromatic nitrogens is 1. The van der Waals surface area contributed by atoms with E-state index in [0.717, 1.165) is 12.8 Å². The normalized spacial score (nSPS) is 10.3. The smallest absolute Gasteiger partial charge is 0.245 e. The van der Waals surface area contributed by atoms with Crippen molar-refractivity contribution in [2.24, 2.45) is 0 Å². The first kappa shape index (κ1) is 15.2. The number of hydrogen-bond donors (Lipinski definition) is 1. The zero-order valence-electron chi connectivity index (χ0n) is 11.7. The van der Waals surface area contributed by atoms with Crippen LogP contribution >= 0.6 is 0 Å². The average molecular weight is 267 g/mol. The van der Waals surface area contributed by atoms with Crippen LogP contribution in [0.25, 0.3) is 0 Å². The number of hydrogen-bond acceptors (Lipinski definition) is 4. The first-order valence-corrected chi connectivity index (χ1v) is 6.57. The van der Waals surface area contributed by atoms with Crippen molar-refractivity contribution in [3.63, 3.8) is 0 Å². The van der Waals surface area contributed by atoms with Crippen LogP contribution in [0.3, 0.4) is 0 Å². The zero-order valence-corrected chi connectivity index (χ0v) is 11.7. The van der Waals surface area contributed by atoms with E-state index < -0.39 is 0 Å². The van der Waals surface area contributed by atoms with Crippen LogP contribution < -0.4 is 5.32 Å². The van der Waals surface area contributed by atoms with E-state index in [4.69, 9.17) is 4.52 Å². The lowest BCUT2D eigenvalue weighted by Gasteiger charge is -2.21. The van der Waals surface area contributed by atoms with Gasteiger partial charge in [0.2, 0.25) is 11.8 Å². The van der Waals surface area contributed by atoms with Gasteiger partial charge >= 0.3 is 0 Å². The van der Waals surface area contributed by atoms with Gasteiger partial charge in [0.1, 0.15) is 5.76 Å². The van der Waals surface area contributed by atoms with Crippen molar-refractivity contribution in [2.45, 2.75) is 40.0 Å². The van der Waals surface area contributed by atoms with Crippen molar-refractivity contribution in [1.29, 1.82) is 0 Å². The number of rotatable bonds is 7. The molecule has 1 N–H and O–H groups in total. The van der Waals surface area contributed by atoms with Crippen molar-refractivity contribution in [3.8, 4) is 0 Å². The largest absolute Gasteiger partial charge is 0.360 e. The number of carbonyl (C=O) groups is 2. The van der Waals surface area contributed by atoms with Gasteiger partial charge in [-0.25, -0.2) is 0 Å². The Morgan fingerprint density at radius 3 is 2.63 bits per heavy atom. The minimum absolute atomic E-state index is 0.0100. The molecule has 0 spiro atoms. The number of carbonyl (C=O) groups excluding carboxylic acids is 2. The minimum Gasteiger partial charge on any atom is -0.360 e. The minimum atomic E-state index is -0.258. The van der Waals surface area contributed by atoms with Crippen molar-refractivity contribution >= 4 is 17.6 Å². The summed E-state index contributed by atoms with van der Waals surface area (Å²) in [5.41, 5.74) is 0. The highest BCUT2D eigenvalue weighted by Crippen LogP contribution is 2.07. The van der Waals surface area contributed by atoms with Gasteiger partial charge in [0.25, 0.3) is 0 Å². The van der Waals surface area contributed by atoms with E-state index in [0.29, 0.717) is 24.5 Å². The van der Waals surface area contributed by atoms with Crippen LogP contribution in [0.1, 0.15) is 38.9 Å². The highest BCUT2D eigenvalue weighted by molar-refractivity contribution is 5.93. The van der Waals surface area contributed by atoms with E-state index in [2.05, 4.69) is 10.5 Å². The summed E-state index contributed by atoms with van der Waals surface area (Å²) >= 11 is 0. The van der Waals surface area contributed by atoms with Gasteiger partial charge in [-0.1, -0.05) is 19.0 Å². The van der Waals surface area contributed by atoms with Crippen molar-refractivity contribution < 1.29 is 14.1 Å².